The molecule has 0 saturated heterocycles. The first kappa shape index (κ1) is 20.1. The Bertz CT molecular complexity index is 694. The summed E-state index contributed by atoms with van der Waals surface area (Å²) in [6.07, 6.45) is 0.211. The van der Waals surface area contributed by atoms with Gasteiger partial charge in [-0.25, -0.2) is 0 Å². The second kappa shape index (κ2) is 8.41. The highest BCUT2D eigenvalue weighted by Gasteiger charge is 2.30. The van der Waals surface area contributed by atoms with Crippen LogP contribution < -0.4 is 0 Å². The Morgan fingerprint density at radius 3 is 1.54 bits per heavy atom. The molecule has 1 aromatic carbocycles. The molecule has 2 rings (SSSR count). The zero-order valence-electron chi connectivity index (χ0n) is 13.4. The van der Waals surface area contributed by atoms with E-state index in [1.807, 2.05) is 24.3 Å². The second-order valence-corrected chi connectivity index (χ2v) is 10.7. The van der Waals surface area contributed by atoms with Crippen molar-refractivity contribution < 1.29 is 25.2 Å². The van der Waals surface area contributed by atoms with Gasteiger partial charge in [-0.1, -0.05) is 24.3 Å². The van der Waals surface area contributed by atoms with Crippen molar-refractivity contribution in [1.82, 2.24) is 0 Å². The summed E-state index contributed by atoms with van der Waals surface area (Å²) >= 11 is 3.00. The molecule has 0 spiro atoms. The molecule has 24 heavy (non-hydrogen) atoms. The summed E-state index contributed by atoms with van der Waals surface area (Å²) < 4.78 is 56.3. The van der Waals surface area contributed by atoms with Gasteiger partial charge in [-0.05, 0) is 11.1 Å². The van der Waals surface area contributed by atoms with Gasteiger partial charge in [-0.2, -0.15) is 40.4 Å². The van der Waals surface area contributed by atoms with Crippen LogP contribution in [0.5, 0.6) is 0 Å². The fourth-order valence-electron chi connectivity index (χ4n) is 2.25. The minimum atomic E-state index is -3.72. The molecule has 0 fully saturated rings. The van der Waals surface area contributed by atoms with Gasteiger partial charge in [-0.15, -0.1) is 0 Å². The molecule has 1 aliphatic heterocycles. The number of benzene rings is 1. The van der Waals surface area contributed by atoms with Crippen LogP contribution in [-0.2, 0) is 40.1 Å². The summed E-state index contributed by atoms with van der Waals surface area (Å²) in [7, 11) is -7.44. The third-order valence-electron chi connectivity index (χ3n) is 3.21. The molecule has 0 N–H and O–H groups in total. The van der Waals surface area contributed by atoms with Crippen LogP contribution in [0.3, 0.4) is 0 Å². The highest BCUT2D eigenvalue weighted by atomic mass is 32.2. The SMILES string of the molecule is CS(=O)(=O)O[C@H]1CSCc2ccccc2CSC[C@@H]1OS(C)(=O)=O. The summed E-state index contributed by atoms with van der Waals surface area (Å²) in [4.78, 5) is 0. The summed E-state index contributed by atoms with van der Waals surface area (Å²) in [6.45, 7) is 0. The predicted octanol–water partition coefficient (Wildman–Crippen LogP) is 1.86. The third-order valence-corrected chi connectivity index (χ3v) is 6.56. The largest absolute Gasteiger partial charge is 0.264 e. The van der Waals surface area contributed by atoms with Crippen molar-refractivity contribution >= 4 is 43.8 Å². The van der Waals surface area contributed by atoms with Gasteiger partial charge in [0.1, 0.15) is 12.2 Å². The maximum atomic E-state index is 11.5. The summed E-state index contributed by atoms with van der Waals surface area (Å²) in [5.41, 5.74) is 2.38. The zero-order chi connectivity index (χ0) is 17.8. The quantitative estimate of drug-likeness (QED) is 0.693. The summed E-state index contributed by atoms with van der Waals surface area (Å²) in [6, 6.07) is 8.02. The van der Waals surface area contributed by atoms with E-state index in [2.05, 4.69) is 0 Å². The first-order valence-electron chi connectivity index (χ1n) is 7.13. The van der Waals surface area contributed by atoms with E-state index in [0.717, 1.165) is 12.5 Å². The molecular formula is C14H20O6S4. The molecule has 136 valence electrons. The summed E-state index contributed by atoms with van der Waals surface area (Å²) in [5.74, 6) is 2.04. The molecule has 2 atom stereocenters. The number of rotatable bonds is 4. The fraction of sp³-hybridized carbons (Fsp3) is 0.571. The Kier molecular flexibility index (Phi) is 7.03. The van der Waals surface area contributed by atoms with E-state index in [1.54, 1.807) is 0 Å². The van der Waals surface area contributed by atoms with Crippen LogP contribution in [0.2, 0.25) is 0 Å². The topological polar surface area (TPSA) is 86.7 Å². The minimum absolute atomic E-state index is 0.322. The van der Waals surface area contributed by atoms with Crippen molar-refractivity contribution in [2.75, 3.05) is 24.0 Å². The van der Waals surface area contributed by atoms with E-state index >= 15 is 0 Å². The van der Waals surface area contributed by atoms with E-state index in [0.29, 0.717) is 23.0 Å². The molecule has 0 amide bonds. The number of thioether (sulfide) groups is 2. The number of fused-ring (bicyclic) bond motifs is 1. The van der Waals surface area contributed by atoms with E-state index in [-0.39, 0.29) is 0 Å². The molecule has 10 heteroatoms. The first-order chi connectivity index (χ1) is 11.1. The van der Waals surface area contributed by atoms with Gasteiger partial charge in [0.15, 0.2) is 0 Å². The van der Waals surface area contributed by atoms with Crippen molar-refractivity contribution in [1.29, 1.82) is 0 Å². The minimum Gasteiger partial charge on any atom is -0.263 e. The molecule has 1 aliphatic rings. The molecule has 0 aliphatic carbocycles. The average Bonchev–Trinajstić information content (AvgIpc) is 2.44. The molecule has 1 heterocycles. The normalized spacial score (nSPS) is 23.4. The smallest absolute Gasteiger partial charge is 0.263 e. The fourth-order valence-corrected chi connectivity index (χ4v) is 5.98. The highest BCUT2D eigenvalue weighted by molar-refractivity contribution is 7.99. The predicted molar refractivity (Wildman–Crippen MR) is 98.2 cm³/mol. The Morgan fingerprint density at radius 1 is 0.833 bits per heavy atom. The Morgan fingerprint density at radius 2 is 1.21 bits per heavy atom. The van der Waals surface area contributed by atoms with E-state index in [9.17, 15) is 16.8 Å². The molecule has 6 nitrogen and oxygen atoms in total. The lowest BCUT2D eigenvalue weighted by Gasteiger charge is -2.26. The van der Waals surface area contributed by atoms with Crippen molar-refractivity contribution in [3.05, 3.63) is 35.4 Å². The summed E-state index contributed by atoms with van der Waals surface area (Å²) in [5, 5.41) is 0. The lowest BCUT2D eigenvalue weighted by atomic mass is 10.1. The van der Waals surface area contributed by atoms with Gasteiger partial charge in [-0.3, -0.25) is 8.37 Å². The average molecular weight is 413 g/mol. The lowest BCUT2D eigenvalue weighted by Crippen LogP contribution is -2.39. The standard InChI is InChI=1S/C14H20O6S4/c1-23(15,16)19-13-9-21-7-11-5-3-4-6-12(11)8-22-10-14(13)20-24(2,17)18/h3-6,13-14H,7-10H2,1-2H3/t13-,14-/m0/s1. The van der Waals surface area contributed by atoms with Crippen LogP contribution in [0.15, 0.2) is 24.3 Å². The third kappa shape index (κ3) is 6.93. The van der Waals surface area contributed by atoms with Gasteiger partial charge in [0.2, 0.25) is 0 Å². The Hall–Kier alpha value is -0.260. The van der Waals surface area contributed by atoms with E-state index in [1.165, 1.54) is 34.7 Å². The lowest BCUT2D eigenvalue weighted by molar-refractivity contribution is 0.0949. The maximum Gasteiger partial charge on any atom is 0.264 e. The van der Waals surface area contributed by atoms with Gasteiger partial charge in [0.05, 0.1) is 12.5 Å². The van der Waals surface area contributed by atoms with Gasteiger partial charge >= 0.3 is 0 Å². The van der Waals surface area contributed by atoms with Crippen molar-refractivity contribution in [2.45, 2.75) is 23.7 Å². The Labute approximate surface area is 151 Å². The van der Waals surface area contributed by atoms with Crippen molar-refractivity contribution in [2.24, 2.45) is 0 Å². The zero-order valence-corrected chi connectivity index (χ0v) is 16.6. The van der Waals surface area contributed by atoms with Crippen LogP contribution in [-0.4, -0.2) is 53.1 Å². The van der Waals surface area contributed by atoms with Crippen LogP contribution in [0, 0.1) is 0 Å². The molecule has 0 bridgehead atoms. The molecule has 0 aromatic heterocycles. The van der Waals surface area contributed by atoms with Crippen LogP contribution >= 0.6 is 23.5 Å². The van der Waals surface area contributed by atoms with E-state index < -0.39 is 32.4 Å². The van der Waals surface area contributed by atoms with Crippen LogP contribution in [0.4, 0.5) is 0 Å². The van der Waals surface area contributed by atoms with Gasteiger partial charge in [0.25, 0.3) is 20.2 Å². The van der Waals surface area contributed by atoms with Gasteiger partial charge in [0, 0.05) is 23.0 Å². The van der Waals surface area contributed by atoms with Crippen molar-refractivity contribution in [3.8, 4) is 0 Å². The second-order valence-electron chi connectivity index (χ2n) is 5.48. The molecular weight excluding hydrogens is 392 g/mol. The first-order valence-corrected chi connectivity index (χ1v) is 13.1. The Balaban J connectivity index is 2.23. The highest BCUT2D eigenvalue weighted by Crippen LogP contribution is 2.28. The maximum absolute atomic E-state index is 11.5. The van der Waals surface area contributed by atoms with Crippen LogP contribution in [0.25, 0.3) is 0 Å². The van der Waals surface area contributed by atoms with Crippen molar-refractivity contribution in [3.63, 3.8) is 0 Å². The van der Waals surface area contributed by atoms with Gasteiger partial charge < -0.3 is 0 Å². The van der Waals surface area contributed by atoms with Crippen LogP contribution in [0.1, 0.15) is 11.1 Å². The molecule has 0 saturated carbocycles. The monoisotopic (exact) mass is 412 g/mol. The number of hydrogen-bond acceptors (Lipinski definition) is 8. The van der Waals surface area contributed by atoms with E-state index in [4.69, 9.17) is 8.37 Å². The molecule has 1 aromatic rings. The molecule has 0 unspecified atom stereocenters. The number of hydrogen-bond donors (Lipinski definition) is 0. The molecule has 0 radical (unpaired) electrons.